The van der Waals surface area contributed by atoms with Crippen LogP contribution in [0, 0.1) is 0 Å². The first-order valence-electron chi connectivity index (χ1n) is 7.31. The van der Waals surface area contributed by atoms with Crippen molar-refractivity contribution in [3.05, 3.63) is 28.2 Å². The normalized spacial score (nSPS) is 11.3. The summed E-state index contributed by atoms with van der Waals surface area (Å²) in [6, 6.07) is 5.81. The fourth-order valence-electron chi connectivity index (χ4n) is 1.73. The van der Waals surface area contributed by atoms with Gasteiger partial charge in [-0.1, -0.05) is 29.8 Å². The molecule has 0 radical (unpaired) electrons. The summed E-state index contributed by atoms with van der Waals surface area (Å²) in [7, 11) is 0. The Hall–Kier alpha value is -1.07. The summed E-state index contributed by atoms with van der Waals surface area (Å²) < 4.78 is 6.67. The Morgan fingerprint density at radius 2 is 2.05 bits per heavy atom. The molecule has 1 aromatic rings. The zero-order chi connectivity index (χ0) is 15.9. The molecule has 118 valence electrons. The van der Waals surface area contributed by atoms with Crippen LogP contribution in [-0.2, 0) is 11.3 Å². The Kier molecular flexibility index (Phi) is 7.18. The number of carbonyl (C=O) groups excluding carboxylic acids is 1. The Morgan fingerprint density at radius 1 is 1.33 bits per heavy atom. The quantitative estimate of drug-likeness (QED) is 0.751. The lowest BCUT2D eigenvalue weighted by molar-refractivity contribution is -0.124. The van der Waals surface area contributed by atoms with Crippen LogP contribution in [0.1, 0.15) is 39.7 Å². The van der Waals surface area contributed by atoms with Crippen LogP contribution in [0.3, 0.4) is 0 Å². The van der Waals surface area contributed by atoms with Crippen LogP contribution in [0.2, 0.25) is 0 Å². The van der Waals surface area contributed by atoms with Crippen molar-refractivity contribution in [1.29, 1.82) is 0 Å². The second-order valence-electron chi connectivity index (χ2n) is 5.61. The Balaban J connectivity index is 2.64. The van der Waals surface area contributed by atoms with Gasteiger partial charge in [-0.05, 0) is 45.0 Å². The molecule has 0 aliphatic carbocycles. The number of amides is 1. The molecule has 0 aromatic heterocycles. The highest BCUT2D eigenvalue weighted by Crippen LogP contribution is 2.23. The minimum atomic E-state index is -0.202. The number of rotatable bonds is 8. The van der Waals surface area contributed by atoms with Crippen molar-refractivity contribution in [2.24, 2.45) is 0 Å². The highest BCUT2D eigenvalue weighted by molar-refractivity contribution is 9.10. The van der Waals surface area contributed by atoms with E-state index >= 15 is 0 Å². The standard InChI is InChI=1S/C16H25BrN2O2/c1-5-16(3,4)19-15(20)11-21-14-8-7-13(17)9-12(14)10-18-6-2/h7-9,18H,5-6,10-11H2,1-4H3,(H,19,20). The number of halogens is 1. The number of hydrogen-bond acceptors (Lipinski definition) is 3. The molecule has 21 heavy (non-hydrogen) atoms. The molecule has 0 saturated carbocycles. The van der Waals surface area contributed by atoms with E-state index in [-0.39, 0.29) is 18.1 Å². The van der Waals surface area contributed by atoms with Gasteiger partial charge in [0.1, 0.15) is 5.75 Å². The molecular formula is C16H25BrN2O2. The van der Waals surface area contributed by atoms with Gasteiger partial charge in [-0.3, -0.25) is 4.79 Å². The predicted molar refractivity (Wildman–Crippen MR) is 89.5 cm³/mol. The molecule has 0 atom stereocenters. The van der Waals surface area contributed by atoms with Crippen LogP contribution in [0.5, 0.6) is 5.75 Å². The number of hydrogen-bond donors (Lipinski definition) is 2. The van der Waals surface area contributed by atoms with E-state index < -0.39 is 0 Å². The average molecular weight is 357 g/mol. The van der Waals surface area contributed by atoms with Crippen molar-refractivity contribution >= 4 is 21.8 Å². The molecule has 1 rings (SSSR count). The van der Waals surface area contributed by atoms with Crippen LogP contribution < -0.4 is 15.4 Å². The summed E-state index contributed by atoms with van der Waals surface area (Å²) in [5.74, 6) is 0.641. The molecule has 5 heteroatoms. The highest BCUT2D eigenvalue weighted by Gasteiger charge is 2.18. The molecule has 0 heterocycles. The molecule has 0 bridgehead atoms. The van der Waals surface area contributed by atoms with E-state index in [4.69, 9.17) is 4.74 Å². The second-order valence-corrected chi connectivity index (χ2v) is 6.52. The van der Waals surface area contributed by atoms with Crippen LogP contribution in [0.4, 0.5) is 0 Å². The molecule has 0 unspecified atom stereocenters. The largest absolute Gasteiger partial charge is 0.483 e. The summed E-state index contributed by atoms with van der Waals surface area (Å²) in [5, 5.41) is 6.23. The van der Waals surface area contributed by atoms with E-state index in [0.29, 0.717) is 6.54 Å². The first-order valence-corrected chi connectivity index (χ1v) is 8.10. The molecular weight excluding hydrogens is 332 g/mol. The van der Waals surface area contributed by atoms with Crippen LogP contribution >= 0.6 is 15.9 Å². The topological polar surface area (TPSA) is 50.4 Å². The average Bonchev–Trinajstić information content (AvgIpc) is 2.43. The van der Waals surface area contributed by atoms with Crippen LogP contribution in [0.15, 0.2) is 22.7 Å². The number of carbonyl (C=O) groups is 1. The third-order valence-corrected chi connectivity index (χ3v) is 3.80. The molecule has 0 spiro atoms. The van der Waals surface area contributed by atoms with E-state index in [1.807, 2.05) is 39.0 Å². The molecule has 0 aliphatic heterocycles. The maximum Gasteiger partial charge on any atom is 0.258 e. The molecule has 0 saturated heterocycles. The van der Waals surface area contributed by atoms with E-state index in [1.54, 1.807) is 0 Å². The van der Waals surface area contributed by atoms with Crippen molar-refractivity contribution in [3.63, 3.8) is 0 Å². The molecule has 0 fully saturated rings. The van der Waals surface area contributed by atoms with Crippen molar-refractivity contribution < 1.29 is 9.53 Å². The monoisotopic (exact) mass is 356 g/mol. The van der Waals surface area contributed by atoms with Gasteiger partial charge < -0.3 is 15.4 Å². The Labute approximate surface area is 135 Å². The lowest BCUT2D eigenvalue weighted by atomic mass is 10.0. The minimum Gasteiger partial charge on any atom is -0.483 e. The first kappa shape index (κ1) is 18.0. The number of benzene rings is 1. The Bertz CT molecular complexity index is 475. The summed E-state index contributed by atoms with van der Waals surface area (Å²) >= 11 is 3.45. The fourth-order valence-corrected chi connectivity index (χ4v) is 2.14. The number of ether oxygens (including phenoxy) is 1. The maximum atomic E-state index is 11.9. The summed E-state index contributed by atoms with van der Waals surface area (Å²) in [6.07, 6.45) is 0.878. The van der Waals surface area contributed by atoms with E-state index in [1.165, 1.54) is 0 Å². The van der Waals surface area contributed by atoms with Gasteiger partial charge in [-0.25, -0.2) is 0 Å². The maximum absolute atomic E-state index is 11.9. The molecule has 4 nitrogen and oxygen atoms in total. The zero-order valence-corrected chi connectivity index (χ0v) is 14.8. The summed E-state index contributed by atoms with van der Waals surface area (Å²) in [5.41, 5.74) is 0.834. The van der Waals surface area contributed by atoms with Gasteiger partial charge in [0.25, 0.3) is 5.91 Å². The summed E-state index contributed by atoms with van der Waals surface area (Å²) in [6.45, 7) is 9.74. The highest BCUT2D eigenvalue weighted by atomic mass is 79.9. The lowest BCUT2D eigenvalue weighted by Crippen LogP contribution is -2.44. The predicted octanol–water partition coefficient (Wildman–Crippen LogP) is 3.24. The van der Waals surface area contributed by atoms with Gasteiger partial charge in [0.05, 0.1) is 0 Å². The van der Waals surface area contributed by atoms with Crippen molar-refractivity contribution in [2.45, 2.75) is 46.2 Å². The molecule has 1 aromatic carbocycles. The van der Waals surface area contributed by atoms with E-state index in [2.05, 4.69) is 33.5 Å². The Morgan fingerprint density at radius 3 is 2.67 bits per heavy atom. The van der Waals surface area contributed by atoms with Gasteiger partial charge in [-0.15, -0.1) is 0 Å². The van der Waals surface area contributed by atoms with Gasteiger partial charge in [0, 0.05) is 22.1 Å². The van der Waals surface area contributed by atoms with Gasteiger partial charge in [0.2, 0.25) is 0 Å². The smallest absolute Gasteiger partial charge is 0.258 e. The second kappa shape index (κ2) is 8.39. The van der Waals surface area contributed by atoms with Gasteiger partial charge >= 0.3 is 0 Å². The van der Waals surface area contributed by atoms with Crippen molar-refractivity contribution in [1.82, 2.24) is 10.6 Å². The summed E-state index contributed by atoms with van der Waals surface area (Å²) in [4.78, 5) is 11.9. The van der Waals surface area contributed by atoms with Crippen molar-refractivity contribution in [3.8, 4) is 5.75 Å². The van der Waals surface area contributed by atoms with Crippen LogP contribution in [0.25, 0.3) is 0 Å². The van der Waals surface area contributed by atoms with Crippen LogP contribution in [-0.4, -0.2) is 24.6 Å². The zero-order valence-electron chi connectivity index (χ0n) is 13.3. The lowest BCUT2D eigenvalue weighted by Gasteiger charge is -2.24. The molecule has 0 aliphatic rings. The molecule has 1 amide bonds. The van der Waals surface area contributed by atoms with E-state index in [0.717, 1.165) is 28.8 Å². The SMILES string of the molecule is CCNCc1cc(Br)ccc1OCC(=O)NC(C)(C)CC. The number of nitrogens with one attached hydrogen (secondary N) is 2. The molecule has 2 N–H and O–H groups in total. The van der Waals surface area contributed by atoms with Gasteiger partial charge in [0.15, 0.2) is 6.61 Å². The third-order valence-electron chi connectivity index (χ3n) is 3.31. The van der Waals surface area contributed by atoms with Crippen molar-refractivity contribution in [2.75, 3.05) is 13.2 Å². The van der Waals surface area contributed by atoms with Gasteiger partial charge in [-0.2, -0.15) is 0 Å². The minimum absolute atomic E-state index is 0.0319. The van der Waals surface area contributed by atoms with E-state index in [9.17, 15) is 4.79 Å². The fraction of sp³-hybridized carbons (Fsp3) is 0.562. The third kappa shape index (κ3) is 6.48. The first-order chi connectivity index (χ1) is 9.88.